The zero-order valence-corrected chi connectivity index (χ0v) is 27.1. The molecule has 4 amide bonds. The van der Waals surface area contributed by atoms with Crippen LogP contribution in [-0.2, 0) is 25.7 Å². The van der Waals surface area contributed by atoms with Crippen molar-refractivity contribution in [3.05, 3.63) is 72.3 Å². The Bertz CT molecular complexity index is 1600. The fraction of sp³-hybridized carbons (Fsp3) is 0.353. The Morgan fingerprint density at radius 3 is 1.98 bits per heavy atom. The summed E-state index contributed by atoms with van der Waals surface area (Å²) < 4.78 is 10.7. The van der Waals surface area contributed by atoms with Gasteiger partial charge in [0.25, 0.3) is 0 Å². The Morgan fingerprint density at radius 1 is 0.771 bits per heavy atom. The third-order valence-electron chi connectivity index (χ3n) is 7.40. The second-order valence-electron chi connectivity index (χ2n) is 11.3. The topological polar surface area (TPSA) is 235 Å². The summed E-state index contributed by atoms with van der Waals surface area (Å²) in [6.07, 6.45) is 0.478. The molecule has 256 valence electrons. The number of amidine groups is 2. The summed E-state index contributed by atoms with van der Waals surface area (Å²) >= 11 is 0. The molecule has 3 rings (SSSR count). The van der Waals surface area contributed by atoms with Crippen LogP contribution < -0.4 is 37.5 Å². The van der Waals surface area contributed by atoms with Crippen LogP contribution in [0.15, 0.2) is 66.7 Å². The van der Waals surface area contributed by atoms with E-state index in [9.17, 15) is 19.2 Å². The number of anilines is 1. The Hall–Kier alpha value is -5.66. The third-order valence-corrected chi connectivity index (χ3v) is 7.40. The molecule has 3 unspecified atom stereocenters. The number of carbonyl (C=O) groups excluding carboxylic acids is 4. The lowest BCUT2D eigenvalue weighted by atomic mass is 10.0. The molecule has 0 aliphatic rings. The molecule has 0 bridgehead atoms. The number of amides is 4. The number of hydrogen-bond acceptors (Lipinski definition) is 8. The lowest BCUT2D eigenvalue weighted by Gasteiger charge is -2.24. The molecule has 0 aliphatic carbocycles. The molecular weight excluding hydrogens is 616 g/mol. The highest BCUT2D eigenvalue weighted by Gasteiger charge is 2.28. The fourth-order valence-corrected chi connectivity index (χ4v) is 4.85. The molecule has 3 aromatic carbocycles. The van der Waals surface area contributed by atoms with Crippen molar-refractivity contribution < 1.29 is 28.7 Å². The fourth-order valence-electron chi connectivity index (χ4n) is 4.85. The normalized spacial score (nSPS) is 12.5. The maximum atomic E-state index is 13.6. The van der Waals surface area contributed by atoms with Crippen molar-refractivity contribution in [3.63, 3.8) is 0 Å². The first-order valence-corrected chi connectivity index (χ1v) is 15.6. The van der Waals surface area contributed by atoms with Gasteiger partial charge in [0.05, 0.1) is 18.8 Å². The van der Waals surface area contributed by atoms with Crippen molar-refractivity contribution in [2.75, 3.05) is 12.4 Å². The van der Waals surface area contributed by atoms with Crippen LogP contribution in [0.1, 0.15) is 51.0 Å². The molecule has 0 saturated carbocycles. The van der Waals surface area contributed by atoms with Crippen LogP contribution in [0.25, 0.3) is 10.8 Å². The van der Waals surface area contributed by atoms with Crippen molar-refractivity contribution in [1.29, 1.82) is 10.8 Å². The van der Waals surface area contributed by atoms with Gasteiger partial charge in [-0.15, -0.1) is 0 Å². The van der Waals surface area contributed by atoms with Gasteiger partial charge in [-0.1, -0.05) is 54.6 Å². The number of methoxy groups -OCH3 is 1. The predicted octanol–water partition coefficient (Wildman–Crippen LogP) is 3.28. The van der Waals surface area contributed by atoms with Crippen LogP contribution in [0.2, 0.25) is 0 Å². The van der Waals surface area contributed by atoms with Crippen LogP contribution in [0.4, 0.5) is 10.5 Å². The van der Waals surface area contributed by atoms with Gasteiger partial charge in [0.1, 0.15) is 30.5 Å². The average Bonchev–Trinajstić information content (AvgIpc) is 3.05. The van der Waals surface area contributed by atoms with Gasteiger partial charge in [0.15, 0.2) is 0 Å². The van der Waals surface area contributed by atoms with E-state index in [1.165, 1.54) is 14.0 Å². The Balaban J connectivity index is 1.72. The number of fused-ring (bicyclic) bond motifs is 1. The SMILES string of the molecule is COc1cc(NC(=O)C(CCCC(=N)N)NC(=O)C(CCCC(=N)N)NC(=O)C(C)NC(=O)OCc2ccccc2)cc2ccccc12. The highest BCUT2D eigenvalue weighted by Crippen LogP contribution is 2.30. The molecule has 14 heteroatoms. The summed E-state index contributed by atoms with van der Waals surface area (Å²) in [6.45, 7) is 1.45. The molecule has 3 atom stereocenters. The number of alkyl carbamates (subject to hydrolysis) is 1. The Labute approximate surface area is 279 Å². The zero-order valence-electron chi connectivity index (χ0n) is 27.1. The van der Waals surface area contributed by atoms with Crippen LogP contribution in [0.3, 0.4) is 0 Å². The van der Waals surface area contributed by atoms with Crippen molar-refractivity contribution in [1.82, 2.24) is 16.0 Å². The highest BCUT2D eigenvalue weighted by atomic mass is 16.5. The summed E-state index contributed by atoms with van der Waals surface area (Å²) in [6, 6.07) is 16.8. The van der Waals surface area contributed by atoms with Gasteiger partial charge >= 0.3 is 6.09 Å². The lowest BCUT2D eigenvalue weighted by molar-refractivity contribution is -0.131. The third kappa shape index (κ3) is 11.9. The summed E-state index contributed by atoms with van der Waals surface area (Å²) in [5.74, 6) is -1.41. The molecule has 0 radical (unpaired) electrons. The first-order valence-electron chi connectivity index (χ1n) is 15.6. The molecule has 0 fully saturated rings. The zero-order chi connectivity index (χ0) is 35.1. The van der Waals surface area contributed by atoms with E-state index in [1.807, 2.05) is 42.5 Å². The molecule has 3 aromatic rings. The predicted molar refractivity (Wildman–Crippen MR) is 184 cm³/mol. The van der Waals surface area contributed by atoms with Crippen LogP contribution in [0.5, 0.6) is 5.75 Å². The maximum Gasteiger partial charge on any atom is 0.408 e. The van der Waals surface area contributed by atoms with E-state index >= 15 is 0 Å². The monoisotopic (exact) mass is 660 g/mol. The van der Waals surface area contributed by atoms with E-state index in [4.69, 9.17) is 31.8 Å². The summed E-state index contributed by atoms with van der Waals surface area (Å²) in [5.41, 5.74) is 12.3. The van der Waals surface area contributed by atoms with Gasteiger partial charge in [-0.3, -0.25) is 25.2 Å². The molecule has 10 N–H and O–H groups in total. The molecule has 0 aliphatic heterocycles. The van der Waals surface area contributed by atoms with Crippen molar-refractivity contribution in [2.45, 2.75) is 70.2 Å². The molecule has 48 heavy (non-hydrogen) atoms. The Kier molecular flexibility index (Phi) is 14.2. The molecule has 0 heterocycles. The minimum Gasteiger partial charge on any atom is -0.496 e. The maximum absolute atomic E-state index is 13.6. The first kappa shape index (κ1) is 36.8. The summed E-state index contributed by atoms with van der Waals surface area (Å²) in [7, 11) is 1.53. The van der Waals surface area contributed by atoms with Crippen LogP contribution in [0, 0.1) is 10.8 Å². The standard InChI is InChI=1S/C34H44N8O6/c1-21(39-34(46)48-20-22-10-4-3-5-11-22)31(43)41-27(15-9-17-30(37)38)33(45)42-26(14-8-16-29(35)36)32(44)40-24-18-23-12-6-7-13-25(23)28(19-24)47-2/h3-7,10-13,18-19,21,26-27H,8-9,14-17,20H2,1-2H3,(H3,35,36)(H3,37,38)(H,39,46)(H,40,44)(H,41,43)(H,42,45). The first-order chi connectivity index (χ1) is 23.0. The molecule has 0 saturated heterocycles. The number of rotatable bonds is 18. The van der Waals surface area contributed by atoms with E-state index in [0.29, 0.717) is 24.3 Å². The molecule has 14 nitrogen and oxygen atoms in total. The molecule has 0 aromatic heterocycles. The van der Waals surface area contributed by atoms with E-state index in [0.717, 1.165) is 16.3 Å². The summed E-state index contributed by atoms with van der Waals surface area (Å²) in [4.78, 5) is 52.6. The lowest BCUT2D eigenvalue weighted by Crippen LogP contribution is -2.55. The molecule has 0 spiro atoms. The summed E-state index contributed by atoms with van der Waals surface area (Å²) in [5, 5.41) is 27.5. The number of ether oxygens (including phenoxy) is 2. The number of nitrogens with two attached hydrogens (primary N) is 2. The number of benzene rings is 3. The smallest absolute Gasteiger partial charge is 0.408 e. The van der Waals surface area contributed by atoms with Gasteiger partial charge < -0.3 is 42.2 Å². The number of hydrogen-bond donors (Lipinski definition) is 8. The Morgan fingerprint density at radius 2 is 1.35 bits per heavy atom. The number of carbonyl (C=O) groups is 4. The average molecular weight is 661 g/mol. The second-order valence-corrected chi connectivity index (χ2v) is 11.3. The second kappa shape index (κ2) is 18.5. The molecular formula is C34H44N8O6. The quantitative estimate of drug-likeness (QED) is 0.0743. The van der Waals surface area contributed by atoms with Gasteiger partial charge in [0.2, 0.25) is 17.7 Å². The minimum absolute atomic E-state index is 0.0101. The number of nitrogens with one attached hydrogen (secondary N) is 6. The van der Waals surface area contributed by atoms with E-state index < -0.39 is 41.9 Å². The largest absolute Gasteiger partial charge is 0.496 e. The minimum atomic E-state index is -1.12. The van der Waals surface area contributed by atoms with Gasteiger partial charge in [-0.05, 0) is 49.6 Å². The van der Waals surface area contributed by atoms with Crippen LogP contribution in [-0.4, -0.2) is 60.7 Å². The van der Waals surface area contributed by atoms with E-state index in [1.54, 1.807) is 24.3 Å². The van der Waals surface area contributed by atoms with Gasteiger partial charge in [-0.25, -0.2) is 4.79 Å². The van der Waals surface area contributed by atoms with Crippen molar-refractivity contribution >= 4 is 51.9 Å². The van der Waals surface area contributed by atoms with Crippen molar-refractivity contribution in [2.24, 2.45) is 11.5 Å². The van der Waals surface area contributed by atoms with Gasteiger partial charge in [0, 0.05) is 30.0 Å². The van der Waals surface area contributed by atoms with E-state index in [2.05, 4.69) is 21.3 Å². The van der Waals surface area contributed by atoms with Gasteiger partial charge in [-0.2, -0.15) is 0 Å². The van der Waals surface area contributed by atoms with E-state index in [-0.39, 0.29) is 44.0 Å². The highest BCUT2D eigenvalue weighted by molar-refractivity contribution is 6.01. The van der Waals surface area contributed by atoms with Crippen molar-refractivity contribution in [3.8, 4) is 5.75 Å². The van der Waals surface area contributed by atoms with Crippen LogP contribution >= 0.6 is 0 Å².